The number of primary amides is 1. The Bertz CT molecular complexity index is 650. The van der Waals surface area contributed by atoms with E-state index in [0.717, 1.165) is 17.5 Å². The molecule has 1 heterocycles. The van der Waals surface area contributed by atoms with E-state index in [0.29, 0.717) is 23.4 Å². The number of rotatable bonds is 2. The van der Waals surface area contributed by atoms with Crippen molar-refractivity contribution in [3.63, 3.8) is 0 Å². The molecule has 2 bridgehead atoms. The maximum atomic E-state index is 11.6. The summed E-state index contributed by atoms with van der Waals surface area (Å²) in [4.78, 5) is 13.5. The van der Waals surface area contributed by atoms with E-state index in [4.69, 9.17) is 22.7 Å². The molecule has 23 heavy (non-hydrogen) atoms. The summed E-state index contributed by atoms with van der Waals surface area (Å²) in [5, 5.41) is 4.20. The van der Waals surface area contributed by atoms with E-state index in [1.807, 2.05) is 29.2 Å². The van der Waals surface area contributed by atoms with Gasteiger partial charge in [-0.25, -0.2) is 0 Å². The number of hydrogen-bond acceptors (Lipinski definition) is 3. The molecular weight excluding hydrogens is 310 g/mol. The minimum absolute atomic E-state index is 0.360. The number of nitrogens with zero attached hydrogens (tertiary/aromatic N) is 1. The molecular formula is C17H21N3O2S. The number of amides is 1. The topological polar surface area (TPSA) is 67.6 Å². The van der Waals surface area contributed by atoms with Crippen molar-refractivity contribution in [2.45, 2.75) is 37.8 Å². The number of ether oxygens (including phenoxy) is 1. The molecule has 0 radical (unpaired) electrons. The van der Waals surface area contributed by atoms with E-state index in [9.17, 15) is 4.79 Å². The summed E-state index contributed by atoms with van der Waals surface area (Å²) in [5.41, 5.74) is 6.34. The summed E-state index contributed by atoms with van der Waals surface area (Å²) in [6.45, 7) is 0.360. The monoisotopic (exact) mass is 331 g/mol. The van der Waals surface area contributed by atoms with Crippen LogP contribution in [0, 0.1) is 11.8 Å². The molecule has 1 aliphatic heterocycles. The molecule has 5 nitrogen and oxygen atoms in total. The Morgan fingerprint density at radius 3 is 2.83 bits per heavy atom. The second-order valence-corrected chi connectivity index (χ2v) is 7.20. The molecule has 4 rings (SSSR count). The Hall–Kier alpha value is -1.82. The third-order valence-electron chi connectivity index (χ3n) is 5.38. The molecule has 1 amide bonds. The van der Waals surface area contributed by atoms with Crippen LogP contribution in [0.4, 0.5) is 5.69 Å². The van der Waals surface area contributed by atoms with E-state index in [1.54, 1.807) is 0 Å². The number of fused-ring (bicyclic) bond motifs is 3. The van der Waals surface area contributed by atoms with Crippen molar-refractivity contribution < 1.29 is 9.53 Å². The molecule has 4 atom stereocenters. The quantitative estimate of drug-likeness (QED) is 0.809. The number of para-hydroxylation sites is 2. The van der Waals surface area contributed by atoms with Crippen LogP contribution in [-0.2, 0) is 4.79 Å². The predicted octanol–water partition coefficient (Wildman–Crippen LogP) is 1.80. The van der Waals surface area contributed by atoms with Gasteiger partial charge >= 0.3 is 0 Å². The Morgan fingerprint density at radius 1 is 1.30 bits per heavy atom. The lowest BCUT2D eigenvalue weighted by Gasteiger charge is -2.37. The normalized spacial score (nSPS) is 31.4. The first-order valence-electron chi connectivity index (χ1n) is 8.25. The molecule has 4 unspecified atom stereocenters. The van der Waals surface area contributed by atoms with Crippen LogP contribution in [0.5, 0.6) is 5.75 Å². The van der Waals surface area contributed by atoms with Gasteiger partial charge in [0, 0.05) is 6.04 Å². The maximum Gasteiger partial charge on any atom is 0.260 e. The zero-order valence-electron chi connectivity index (χ0n) is 12.9. The van der Waals surface area contributed by atoms with Crippen LogP contribution in [-0.4, -0.2) is 29.7 Å². The van der Waals surface area contributed by atoms with Crippen molar-refractivity contribution in [2.75, 3.05) is 11.4 Å². The highest BCUT2D eigenvalue weighted by atomic mass is 32.1. The lowest BCUT2D eigenvalue weighted by atomic mass is 9.95. The summed E-state index contributed by atoms with van der Waals surface area (Å²) in [5.74, 6) is 1.78. The smallest absolute Gasteiger partial charge is 0.260 e. The highest BCUT2D eigenvalue weighted by Gasteiger charge is 2.40. The van der Waals surface area contributed by atoms with Gasteiger partial charge in [-0.1, -0.05) is 18.6 Å². The summed E-state index contributed by atoms with van der Waals surface area (Å²) < 4.78 is 5.69. The first-order chi connectivity index (χ1) is 11.1. The number of thiocarbonyl (C=S) groups is 1. The largest absolute Gasteiger partial charge is 0.477 e. The predicted molar refractivity (Wildman–Crippen MR) is 92.4 cm³/mol. The van der Waals surface area contributed by atoms with Crippen molar-refractivity contribution in [3.05, 3.63) is 24.3 Å². The Balaban J connectivity index is 1.54. The second-order valence-electron chi connectivity index (χ2n) is 6.82. The summed E-state index contributed by atoms with van der Waals surface area (Å²) >= 11 is 5.65. The van der Waals surface area contributed by atoms with Gasteiger partial charge < -0.3 is 20.7 Å². The van der Waals surface area contributed by atoms with Crippen LogP contribution in [0.1, 0.15) is 25.7 Å². The molecule has 0 spiro atoms. The van der Waals surface area contributed by atoms with Crippen LogP contribution in [0.3, 0.4) is 0 Å². The van der Waals surface area contributed by atoms with E-state index in [1.165, 1.54) is 25.7 Å². The van der Waals surface area contributed by atoms with Crippen LogP contribution in [0.15, 0.2) is 24.3 Å². The molecule has 1 aromatic rings. The van der Waals surface area contributed by atoms with Crippen molar-refractivity contribution in [3.8, 4) is 5.75 Å². The highest BCUT2D eigenvalue weighted by Crippen LogP contribution is 2.44. The maximum absolute atomic E-state index is 11.6. The third-order valence-corrected chi connectivity index (χ3v) is 5.72. The number of anilines is 1. The molecule has 2 saturated carbocycles. The lowest BCUT2D eigenvalue weighted by molar-refractivity contribution is -0.124. The van der Waals surface area contributed by atoms with Gasteiger partial charge in [-0.3, -0.25) is 4.79 Å². The fourth-order valence-electron chi connectivity index (χ4n) is 4.23. The van der Waals surface area contributed by atoms with Gasteiger partial charge in [-0.2, -0.15) is 0 Å². The number of nitrogens with one attached hydrogen (secondary N) is 1. The van der Waals surface area contributed by atoms with Crippen molar-refractivity contribution in [2.24, 2.45) is 17.6 Å². The van der Waals surface area contributed by atoms with E-state index < -0.39 is 12.0 Å². The number of benzene rings is 1. The van der Waals surface area contributed by atoms with Gasteiger partial charge in [0.2, 0.25) is 0 Å². The molecule has 2 fully saturated rings. The molecule has 0 aromatic heterocycles. The van der Waals surface area contributed by atoms with Gasteiger partial charge in [-0.05, 0) is 55.4 Å². The standard InChI is InChI=1S/C17H21N3O2S/c18-16(21)15-9-20(13-3-1-2-4-14(13)22-15)17(23)19-12-8-10-5-6-11(12)7-10/h1-4,10-12,15H,5-9H2,(H2,18,21)(H,19,23). The van der Waals surface area contributed by atoms with Crippen molar-refractivity contribution in [1.29, 1.82) is 0 Å². The molecule has 3 aliphatic rings. The fraction of sp³-hybridized carbons (Fsp3) is 0.529. The molecule has 122 valence electrons. The number of nitrogens with two attached hydrogens (primary N) is 1. The number of carbonyl (C=O) groups is 1. The lowest BCUT2D eigenvalue weighted by Crippen LogP contribution is -2.54. The zero-order chi connectivity index (χ0) is 16.0. The van der Waals surface area contributed by atoms with Gasteiger partial charge in [0.1, 0.15) is 5.75 Å². The van der Waals surface area contributed by atoms with E-state index in [2.05, 4.69) is 5.32 Å². The second kappa shape index (κ2) is 5.67. The summed E-state index contributed by atoms with van der Waals surface area (Å²) in [6.07, 6.45) is 4.51. The Kier molecular flexibility index (Phi) is 3.64. The first-order valence-corrected chi connectivity index (χ1v) is 8.65. The molecule has 0 saturated heterocycles. The summed E-state index contributed by atoms with van der Waals surface area (Å²) in [7, 11) is 0. The highest BCUT2D eigenvalue weighted by molar-refractivity contribution is 7.80. The van der Waals surface area contributed by atoms with Crippen LogP contribution < -0.4 is 20.7 Å². The van der Waals surface area contributed by atoms with Gasteiger partial charge in [0.15, 0.2) is 11.2 Å². The van der Waals surface area contributed by atoms with E-state index in [-0.39, 0.29) is 0 Å². The molecule has 2 aliphatic carbocycles. The average molecular weight is 331 g/mol. The van der Waals surface area contributed by atoms with E-state index >= 15 is 0 Å². The molecule has 1 aromatic carbocycles. The Morgan fingerprint density at radius 2 is 2.13 bits per heavy atom. The van der Waals surface area contributed by atoms with Gasteiger partial charge in [0.25, 0.3) is 5.91 Å². The van der Waals surface area contributed by atoms with Gasteiger partial charge in [0.05, 0.1) is 12.2 Å². The van der Waals surface area contributed by atoms with Crippen LogP contribution in [0.25, 0.3) is 0 Å². The van der Waals surface area contributed by atoms with Gasteiger partial charge in [-0.15, -0.1) is 0 Å². The first kappa shape index (κ1) is 14.8. The average Bonchev–Trinajstić information content (AvgIpc) is 3.16. The fourth-order valence-corrected chi connectivity index (χ4v) is 4.56. The number of hydrogen-bond donors (Lipinski definition) is 2. The third kappa shape index (κ3) is 2.65. The molecule has 6 heteroatoms. The SMILES string of the molecule is NC(=O)C1CN(C(=S)NC2CC3CCC2C3)c2ccccc2O1. The number of carbonyl (C=O) groups excluding carboxylic acids is 1. The van der Waals surface area contributed by atoms with Crippen LogP contribution >= 0.6 is 12.2 Å². The Labute approximate surface area is 141 Å². The van der Waals surface area contributed by atoms with Crippen molar-refractivity contribution in [1.82, 2.24) is 5.32 Å². The minimum Gasteiger partial charge on any atom is -0.477 e. The minimum atomic E-state index is -0.676. The van der Waals surface area contributed by atoms with Crippen molar-refractivity contribution >= 4 is 28.9 Å². The zero-order valence-corrected chi connectivity index (χ0v) is 13.7. The van der Waals surface area contributed by atoms with Crippen LogP contribution in [0.2, 0.25) is 0 Å². The summed E-state index contributed by atoms with van der Waals surface area (Å²) in [6, 6.07) is 8.09. The molecule has 3 N–H and O–H groups in total.